The molecule has 2 N–H and O–H groups in total. The fourth-order valence-electron chi connectivity index (χ4n) is 2.67. The van der Waals surface area contributed by atoms with Crippen molar-refractivity contribution in [2.45, 2.75) is 19.8 Å². The Morgan fingerprint density at radius 1 is 1.33 bits per heavy atom. The summed E-state index contributed by atoms with van der Waals surface area (Å²) in [6, 6.07) is 6.83. The monoisotopic (exact) mass is 250 g/mol. The molecule has 1 aliphatic rings. The molecule has 1 aliphatic heterocycles. The first kappa shape index (κ1) is 13.5. The van der Waals surface area contributed by atoms with E-state index in [1.165, 1.54) is 30.7 Å². The lowest BCUT2D eigenvalue weighted by Gasteiger charge is -2.36. The molecule has 1 heterocycles. The maximum atomic E-state index is 12.8. The SMILES string of the molecule is C[C@@H]1CCN(CCc2ccc(F)cc2)C[C@H]1CN. The van der Waals surface area contributed by atoms with E-state index in [1.807, 2.05) is 12.1 Å². The van der Waals surface area contributed by atoms with Gasteiger partial charge in [0, 0.05) is 13.1 Å². The number of hydrogen-bond acceptors (Lipinski definition) is 2. The van der Waals surface area contributed by atoms with E-state index >= 15 is 0 Å². The van der Waals surface area contributed by atoms with E-state index in [0.29, 0.717) is 5.92 Å². The molecule has 0 spiro atoms. The third kappa shape index (κ3) is 3.53. The Balaban J connectivity index is 1.81. The lowest BCUT2D eigenvalue weighted by atomic mass is 9.87. The predicted octanol–water partition coefficient (Wildman–Crippen LogP) is 2.28. The fraction of sp³-hybridized carbons (Fsp3) is 0.600. The summed E-state index contributed by atoms with van der Waals surface area (Å²) in [6.45, 7) is 6.41. The molecular formula is C15H23FN2. The Kier molecular flexibility index (Phi) is 4.72. The number of halogens is 1. The lowest BCUT2D eigenvalue weighted by Crippen LogP contribution is -2.43. The maximum Gasteiger partial charge on any atom is 0.123 e. The van der Waals surface area contributed by atoms with Crippen LogP contribution in [0.5, 0.6) is 0 Å². The van der Waals surface area contributed by atoms with Crippen LogP contribution in [0.4, 0.5) is 4.39 Å². The molecule has 1 aromatic carbocycles. The molecule has 0 aromatic heterocycles. The van der Waals surface area contributed by atoms with Crippen molar-refractivity contribution in [3.05, 3.63) is 35.6 Å². The Hall–Kier alpha value is -0.930. The normalized spacial score (nSPS) is 25.3. The van der Waals surface area contributed by atoms with Crippen molar-refractivity contribution < 1.29 is 4.39 Å². The van der Waals surface area contributed by atoms with Crippen molar-refractivity contribution in [2.75, 3.05) is 26.2 Å². The summed E-state index contributed by atoms with van der Waals surface area (Å²) in [7, 11) is 0. The van der Waals surface area contributed by atoms with Crippen molar-refractivity contribution in [3.8, 4) is 0 Å². The molecule has 2 atom stereocenters. The minimum Gasteiger partial charge on any atom is -0.330 e. The smallest absolute Gasteiger partial charge is 0.123 e. The highest BCUT2D eigenvalue weighted by atomic mass is 19.1. The quantitative estimate of drug-likeness (QED) is 0.888. The van der Waals surface area contributed by atoms with Crippen LogP contribution in [0.3, 0.4) is 0 Å². The summed E-state index contributed by atoms with van der Waals surface area (Å²) in [6.07, 6.45) is 2.23. The molecule has 3 heteroatoms. The average molecular weight is 250 g/mol. The van der Waals surface area contributed by atoms with Crippen molar-refractivity contribution in [2.24, 2.45) is 17.6 Å². The molecule has 1 aromatic rings. The van der Waals surface area contributed by atoms with Crippen molar-refractivity contribution >= 4 is 0 Å². The minimum absolute atomic E-state index is 0.159. The molecule has 0 radical (unpaired) electrons. The third-order valence-electron chi connectivity index (χ3n) is 4.13. The number of likely N-dealkylation sites (tertiary alicyclic amines) is 1. The van der Waals surface area contributed by atoms with E-state index in [0.717, 1.165) is 32.0 Å². The highest BCUT2D eigenvalue weighted by Gasteiger charge is 2.24. The Morgan fingerprint density at radius 2 is 2.06 bits per heavy atom. The van der Waals surface area contributed by atoms with Crippen LogP contribution in [0.2, 0.25) is 0 Å². The van der Waals surface area contributed by atoms with Crippen LogP contribution in [0, 0.1) is 17.7 Å². The number of benzene rings is 1. The molecule has 100 valence electrons. The molecule has 0 amide bonds. The van der Waals surface area contributed by atoms with Crippen molar-refractivity contribution in [1.82, 2.24) is 4.90 Å². The van der Waals surface area contributed by atoms with Crippen LogP contribution in [-0.2, 0) is 6.42 Å². The standard InChI is InChI=1S/C15H23FN2/c1-12-6-8-18(11-14(12)10-17)9-7-13-2-4-15(16)5-3-13/h2-5,12,14H,6-11,17H2,1H3/t12-,14-/m1/s1. The first-order valence-corrected chi connectivity index (χ1v) is 6.86. The number of rotatable bonds is 4. The zero-order valence-electron chi connectivity index (χ0n) is 11.1. The molecule has 1 fully saturated rings. The van der Waals surface area contributed by atoms with Gasteiger partial charge in [-0.15, -0.1) is 0 Å². The van der Waals surface area contributed by atoms with Crippen LogP contribution in [0.15, 0.2) is 24.3 Å². The largest absolute Gasteiger partial charge is 0.330 e. The van der Waals surface area contributed by atoms with Gasteiger partial charge in [-0.1, -0.05) is 19.1 Å². The van der Waals surface area contributed by atoms with Crippen LogP contribution < -0.4 is 5.73 Å². The minimum atomic E-state index is -0.159. The Bertz CT molecular complexity index is 363. The van der Waals surface area contributed by atoms with E-state index in [4.69, 9.17) is 5.73 Å². The Morgan fingerprint density at radius 3 is 2.72 bits per heavy atom. The molecule has 18 heavy (non-hydrogen) atoms. The highest BCUT2D eigenvalue weighted by Crippen LogP contribution is 2.22. The second-order valence-electron chi connectivity index (χ2n) is 5.44. The van der Waals surface area contributed by atoms with Gasteiger partial charge in [0.2, 0.25) is 0 Å². The summed E-state index contributed by atoms with van der Waals surface area (Å²) in [4.78, 5) is 2.49. The van der Waals surface area contributed by atoms with Gasteiger partial charge in [0.25, 0.3) is 0 Å². The van der Waals surface area contributed by atoms with E-state index in [2.05, 4.69) is 11.8 Å². The fourth-order valence-corrected chi connectivity index (χ4v) is 2.67. The number of hydrogen-bond donors (Lipinski definition) is 1. The number of piperidine rings is 1. The van der Waals surface area contributed by atoms with Crippen molar-refractivity contribution in [1.29, 1.82) is 0 Å². The van der Waals surface area contributed by atoms with Crippen LogP contribution in [0.25, 0.3) is 0 Å². The molecule has 1 saturated heterocycles. The van der Waals surface area contributed by atoms with E-state index in [1.54, 1.807) is 0 Å². The average Bonchev–Trinajstić information content (AvgIpc) is 2.39. The lowest BCUT2D eigenvalue weighted by molar-refractivity contribution is 0.133. The summed E-state index contributed by atoms with van der Waals surface area (Å²) < 4.78 is 12.8. The molecular weight excluding hydrogens is 227 g/mol. The molecule has 0 unspecified atom stereocenters. The van der Waals surface area contributed by atoms with Gasteiger partial charge in [-0.25, -0.2) is 4.39 Å². The van der Waals surface area contributed by atoms with E-state index < -0.39 is 0 Å². The molecule has 2 rings (SSSR count). The first-order valence-electron chi connectivity index (χ1n) is 6.86. The Labute approximate surface area is 109 Å². The number of nitrogens with two attached hydrogens (primary N) is 1. The molecule has 0 bridgehead atoms. The second-order valence-corrected chi connectivity index (χ2v) is 5.44. The highest BCUT2D eigenvalue weighted by molar-refractivity contribution is 5.16. The third-order valence-corrected chi connectivity index (χ3v) is 4.13. The zero-order valence-corrected chi connectivity index (χ0v) is 11.1. The van der Waals surface area contributed by atoms with Gasteiger partial charge in [0.05, 0.1) is 0 Å². The van der Waals surface area contributed by atoms with Gasteiger partial charge in [-0.2, -0.15) is 0 Å². The molecule has 0 aliphatic carbocycles. The summed E-state index contributed by atoms with van der Waals surface area (Å²) in [5.74, 6) is 1.22. The summed E-state index contributed by atoms with van der Waals surface area (Å²) in [5.41, 5.74) is 7.02. The maximum absolute atomic E-state index is 12.8. The van der Waals surface area contributed by atoms with Gasteiger partial charge in [0.1, 0.15) is 5.82 Å². The second kappa shape index (κ2) is 6.30. The van der Waals surface area contributed by atoms with Crippen molar-refractivity contribution in [3.63, 3.8) is 0 Å². The van der Waals surface area contributed by atoms with Gasteiger partial charge >= 0.3 is 0 Å². The first-order chi connectivity index (χ1) is 8.69. The topological polar surface area (TPSA) is 29.3 Å². The van der Waals surface area contributed by atoms with Gasteiger partial charge in [-0.05, 0) is 55.5 Å². The van der Waals surface area contributed by atoms with Crippen LogP contribution in [0.1, 0.15) is 18.9 Å². The van der Waals surface area contributed by atoms with Crippen LogP contribution >= 0.6 is 0 Å². The summed E-state index contributed by atoms with van der Waals surface area (Å²) in [5, 5.41) is 0. The van der Waals surface area contributed by atoms with E-state index in [-0.39, 0.29) is 5.82 Å². The predicted molar refractivity (Wildman–Crippen MR) is 72.9 cm³/mol. The molecule has 2 nitrogen and oxygen atoms in total. The van der Waals surface area contributed by atoms with Gasteiger partial charge < -0.3 is 10.6 Å². The summed E-state index contributed by atoms with van der Waals surface area (Å²) >= 11 is 0. The van der Waals surface area contributed by atoms with Crippen LogP contribution in [-0.4, -0.2) is 31.1 Å². The van der Waals surface area contributed by atoms with Gasteiger partial charge in [0.15, 0.2) is 0 Å². The number of nitrogens with zero attached hydrogens (tertiary/aromatic N) is 1. The van der Waals surface area contributed by atoms with Gasteiger partial charge in [-0.3, -0.25) is 0 Å². The zero-order chi connectivity index (χ0) is 13.0. The van der Waals surface area contributed by atoms with E-state index in [9.17, 15) is 4.39 Å². The molecule has 0 saturated carbocycles.